The summed E-state index contributed by atoms with van der Waals surface area (Å²) in [7, 11) is 0. The third-order valence-electron chi connectivity index (χ3n) is 3.45. The van der Waals surface area contributed by atoms with Crippen molar-refractivity contribution in [1.82, 2.24) is 15.3 Å². The smallest absolute Gasteiger partial charge is 0.237 e. The number of carbonyl (C=O) groups is 1. The summed E-state index contributed by atoms with van der Waals surface area (Å²) in [5.41, 5.74) is 5.71. The van der Waals surface area contributed by atoms with Crippen LogP contribution in [-0.2, 0) is 4.79 Å². The Balaban J connectivity index is 1.81. The van der Waals surface area contributed by atoms with Crippen LogP contribution in [0.3, 0.4) is 0 Å². The van der Waals surface area contributed by atoms with E-state index in [4.69, 9.17) is 5.73 Å². The topological polar surface area (TPSA) is 84.1 Å². The Morgan fingerprint density at radius 2 is 2.11 bits per heavy atom. The van der Waals surface area contributed by atoms with Gasteiger partial charge in [-0.2, -0.15) is 0 Å². The van der Waals surface area contributed by atoms with Gasteiger partial charge in [0.1, 0.15) is 0 Å². The van der Waals surface area contributed by atoms with Crippen LogP contribution in [0.4, 0.5) is 5.95 Å². The number of piperidine rings is 1. The highest BCUT2D eigenvalue weighted by atomic mass is 16.2. The van der Waals surface area contributed by atoms with Crippen molar-refractivity contribution in [3.63, 3.8) is 0 Å². The molecule has 6 heteroatoms. The molecule has 6 nitrogen and oxygen atoms in total. The quantitative estimate of drug-likeness (QED) is 0.816. The van der Waals surface area contributed by atoms with Crippen LogP contribution in [0.5, 0.6) is 0 Å². The van der Waals surface area contributed by atoms with Gasteiger partial charge in [-0.3, -0.25) is 4.79 Å². The second-order valence-electron chi connectivity index (χ2n) is 4.83. The van der Waals surface area contributed by atoms with Crippen molar-refractivity contribution in [2.24, 2.45) is 5.73 Å². The fourth-order valence-electron chi connectivity index (χ4n) is 2.17. The van der Waals surface area contributed by atoms with Crippen LogP contribution < -0.4 is 16.0 Å². The molecular weight excluding hydrogens is 242 g/mol. The summed E-state index contributed by atoms with van der Waals surface area (Å²) in [5, 5.41) is 3.01. The van der Waals surface area contributed by atoms with Crippen molar-refractivity contribution in [3.05, 3.63) is 18.5 Å². The van der Waals surface area contributed by atoms with Crippen LogP contribution in [0.2, 0.25) is 0 Å². The van der Waals surface area contributed by atoms with Gasteiger partial charge in [0.05, 0.1) is 6.04 Å². The molecule has 0 aliphatic carbocycles. The first-order valence-corrected chi connectivity index (χ1v) is 6.78. The first-order chi connectivity index (χ1) is 9.20. The van der Waals surface area contributed by atoms with Crippen molar-refractivity contribution in [1.29, 1.82) is 0 Å². The average Bonchev–Trinajstić information content (AvgIpc) is 2.48. The number of nitrogens with two attached hydrogens (primary N) is 1. The van der Waals surface area contributed by atoms with Gasteiger partial charge >= 0.3 is 0 Å². The Kier molecular flexibility index (Phi) is 4.68. The number of rotatable bonds is 4. The molecule has 1 aromatic rings. The predicted octanol–water partition coefficient (Wildman–Crippen LogP) is 0.299. The van der Waals surface area contributed by atoms with Gasteiger partial charge in [0.25, 0.3) is 0 Å². The van der Waals surface area contributed by atoms with Gasteiger partial charge in [0.2, 0.25) is 11.9 Å². The van der Waals surface area contributed by atoms with E-state index in [1.807, 2.05) is 13.0 Å². The molecule has 1 amide bonds. The van der Waals surface area contributed by atoms with E-state index in [9.17, 15) is 4.79 Å². The molecule has 3 N–H and O–H groups in total. The van der Waals surface area contributed by atoms with Crippen molar-refractivity contribution in [2.45, 2.75) is 38.3 Å². The lowest BCUT2D eigenvalue weighted by Crippen LogP contribution is -2.49. The number of hydrogen-bond acceptors (Lipinski definition) is 5. The van der Waals surface area contributed by atoms with E-state index in [2.05, 4.69) is 20.2 Å². The number of nitrogens with zero attached hydrogens (tertiary/aromatic N) is 3. The summed E-state index contributed by atoms with van der Waals surface area (Å²) in [5.74, 6) is 0.717. The molecule has 1 atom stereocenters. The fraction of sp³-hybridized carbons (Fsp3) is 0.615. The van der Waals surface area contributed by atoms with Gasteiger partial charge < -0.3 is 16.0 Å². The lowest BCUT2D eigenvalue weighted by atomic mass is 10.0. The Morgan fingerprint density at radius 3 is 2.68 bits per heavy atom. The number of carbonyl (C=O) groups excluding carboxylic acids is 1. The normalized spacial score (nSPS) is 18.1. The maximum Gasteiger partial charge on any atom is 0.237 e. The van der Waals surface area contributed by atoms with Crippen LogP contribution in [0.25, 0.3) is 0 Å². The molecule has 1 aliphatic rings. The number of nitrogens with one attached hydrogen (secondary N) is 1. The monoisotopic (exact) mass is 263 g/mol. The zero-order valence-electron chi connectivity index (χ0n) is 11.2. The van der Waals surface area contributed by atoms with E-state index in [1.54, 1.807) is 12.4 Å². The molecule has 0 saturated carbocycles. The van der Waals surface area contributed by atoms with E-state index >= 15 is 0 Å². The summed E-state index contributed by atoms with van der Waals surface area (Å²) in [6, 6.07) is 1.63. The molecule has 1 saturated heterocycles. The zero-order valence-corrected chi connectivity index (χ0v) is 11.2. The molecule has 104 valence electrons. The maximum atomic E-state index is 11.7. The first kappa shape index (κ1) is 13.7. The van der Waals surface area contributed by atoms with Crippen LogP contribution in [-0.4, -0.2) is 41.0 Å². The van der Waals surface area contributed by atoms with Gasteiger partial charge in [0.15, 0.2) is 0 Å². The number of hydrogen-bond donors (Lipinski definition) is 2. The molecule has 1 aromatic heterocycles. The van der Waals surface area contributed by atoms with Crippen molar-refractivity contribution in [3.8, 4) is 0 Å². The average molecular weight is 263 g/mol. The molecule has 0 radical (unpaired) electrons. The van der Waals surface area contributed by atoms with E-state index in [-0.39, 0.29) is 11.9 Å². The minimum Gasteiger partial charge on any atom is -0.352 e. The molecular formula is C13H21N5O. The van der Waals surface area contributed by atoms with E-state index < -0.39 is 6.04 Å². The Hall–Kier alpha value is -1.69. The van der Waals surface area contributed by atoms with Crippen molar-refractivity contribution >= 4 is 11.9 Å². The zero-order chi connectivity index (χ0) is 13.7. The van der Waals surface area contributed by atoms with Crippen LogP contribution in [0, 0.1) is 0 Å². The first-order valence-electron chi connectivity index (χ1n) is 6.78. The standard InChI is InChI=1S/C13H21N5O/c1-2-11(14)12(19)17-10-4-8-18(9-5-10)13-15-6-3-7-16-13/h3,6-7,10-11H,2,4-5,8-9,14H2,1H3,(H,17,19)/t11-/m1/s1. The highest BCUT2D eigenvalue weighted by Crippen LogP contribution is 2.15. The number of anilines is 1. The molecule has 1 fully saturated rings. The predicted molar refractivity (Wildman–Crippen MR) is 73.7 cm³/mol. The highest BCUT2D eigenvalue weighted by molar-refractivity contribution is 5.81. The third-order valence-corrected chi connectivity index (χ3v) is 3.45. The third kappa shape index (κ3) is 3.64. The maximum absolute atomic E-state index is 11.7. The lowest BCUT2D eigenvalue weighted by Gasteiger charge is -2.32. The Bertz CT molecular complexity index is 403. The lowest BCUT2D eigenvalue weighted by molar-refractivity contribution is -0.123. The number of aromatic nitrogens is 2. The van der Waals surface area contributed by atoms with Crippen molar-refractivity contribution < 1.29 is 4.79 Å². The largest absolute Gasteiger partial charge is 0.352 e. The van der Waals surface area contributed by atoms with Gasteiger partial charge in [-0.15, -0.1) is 0 Å². The second kappa shape index (κ2) is 6.47. The summed E-state index contributed by atoms with van der Waals surface area (Å²) in [6.45, 7) is 3.63. The van der Waals surface area contributed by atoms with Crippen molar-refractivity contribution in [2.75, 3.05) is 18.0 Å². The Morgan fingerprint density at radius 1 is 1.47 bits per heavy atom. The minimum atomic E-state index is -0.393. The van der Waals surface area contributed by atoms with Gasteiger partial charge in [-0.25, -0.2) is 9.97 Å². The number of amides is 1. The van der Waals surface area contributed by atoms with E-state index in [0.29, 0.717) is 6.42 Å². The van der Waals surface area contributed by atoms with E-state index in [1.165, 1.54) is 0 Å². The second-order valence-corrected chi connectivity index (χ2v) is 4.83. The van der Waals surface area contributed by atoms with Crippen LogP contribution in [0.15, 0.2) is 18.5 Å². The molecule has 1 aliphatic heterocycles. The van der Waals surface area contributed by atoms with Crippen LogP contribution >= 0.6 is 0 Å². The van der Waals surface area contributed by atoms with Gasteiger partial charge in [-0.1, -0.05) is 6.92 Å². The molecule has 19 heavy (non-hydrogen) atoms. The molecule has 0 spiro atoms. The van der Waals surface area contributed by atoms with E-state index in [0.717, 1.165) is 31.9 Å². The highest BCUT2D eigenvalue weighted by Gasteiger charge is 2.23. The molecule has 2 rings (SSSR count). The molecule has 0 unspecified atom stereocenters. The fourth-order valence-corrected chi connectivity index (χ4v) is 2.17. The molecule has 0 bridgehead atoms. The van der Waals surface area contributed by atoms with Gasteiger partial charge in [-0.05, 0) is 25.3 Å². The SMILES string of the molecule is CC[C@@H](N)C(=O)NC1CCN(c2ncccn2)CC1. The van der Waals surface area contributed by atoms with Gasteiger partial charge in [0, 0.05) is 31.5 Å². The summed E-state index contributed by atoms with van der Waals surface area (Å²) in [4.78, 5) is 22.3. The summed E-state index contributed by atoms with van der Waals surface area (Å²) >= 11 is 0. The summed E-state index contributed by atoms with van der Waals surface area (Å²) < 4.78 is 0. The summed E-state index contributed by atoms with van der Waals surface area (Å²) in [6.07, 6.45) is 5.97. The Labute approximate surface area is 113 Å². The minimum absolute atomic E-state index is 0.0445. The van der Waals surface area contributed by atoms with Crippen LogP contribution in [0.1, 0.15) is 26.2 Å². The molecule has 2 heterocycles. The molecule has 0 aromatic carbocycles.